The standard InChI is InChI=1S/C34H66O4/c1-31(2)27-23-19-15-11-7-5-9-13-17-21-25-29-37-33(35)34(36)38-30-26-22-18-14-10-6-8-12-16-20-24-28-32(3)4/h31-32H,5-30H2,1-4H3. The molecule has 0 N–H and O–H groups in total. The summed E-state index contributed by atoms with van der Waals surface area (Å²) in [6, 6.07) is 0. The Bertz CT molecular complexity index is 469. The van der Waals surface area contributed by atoms with Crippen LogP contribution in [0.5, 0.6) is 0 Å². The molecule has 0 aromatic rings. The maximum Gasteiger partial charge on any atom is 0.417 e. The van der Waals surface area contributed by atoms with E-state index in [2.05, 4.69) is 27.7 Å². The van der Waals surface area contributed by atoms with Crippen molar-refractivity contribution in [1.29, 1.82) is 0 Å². The lowest BCUT2D eigenvalue weighted by Crippen LogP contribution is -2.21. The third-order valence-corrected chi connectivity index (χ3v) is 7.48. The van der Waals surface area contributed by atoms with Crippen molar-refractivity contribution in [3.05, 3.63) is 0 Å². The van der Waals surface area contributed by atoms with Crippen LogP contribution in [0.15, 0.2) is 0 Å². The van der Waals surface area contributed by atoms with E-state index in [1.54, 1.807) is 0 Å². The van der Waals surface area contributed by atoms with Crippen molar-refractivity contribution in [2.24, 2.45) is 11.8 Å². The number of esters is 2. The van der Waals surface area contributed by atoms with Gasteiger partial charge in [-0.3, -0.25) is 0 Å². The molecule has 0 amide bonds. The molecule has 0 spiro atoms. The van der Waals surface area contributed by atoms with Crippen LogP contribution >= 0.6 is 0 Å². The van der Waals surface area contributed by atoms with E-state index in [4.69, 9.17) is 9.47 Å². The van der Waals surface area contributed by atoms with Crippen LogP contribution in [-0.2, 0) is 19.1 Å². The number of hydrogen-bond acceptors (Lipinski definition) is 4. The minimum atomic E-state index is -0.831. The number of hydrogen-bond donors (Lipinski definition) is 0. The Kier molecular flexibility index (Phi) is 28.1. The van der Waals surface area contributed by atoms with Gasteiger partial charge in [0, 0.05) is 0 Å². The third-order valence-electron chi connectivity index (χ3n) is 7.48. The summed E-state index contributed by atoms with van der Waals surface area (Å²) in [6.07, 6.45) is 30.4. The molecule has 0 atom stereocenters. The molecule has 0 bridgehead atoms. The molecular formula is C34H66O4. The van der Waals surface area contributed by atoms with Crippen LogP contribution in [-0.4, -0.2) is 25.2 Å². The van der Waals surface area contributed by atoms with E-state index in [1.807, 2.05) is 0 Å². The number of ether oxygens (including phenoxy) is 2. The molecule has 0 aromatic carbocycles. The lowest BCUT2D eigenvalue weighted by Gasteiger charge is -2.06. The molecular weight excluding hydrogens is 472 g/mol. The van der Waals surface area contributed by atoms with E-state index in [1.165, 1.54) is 128 Å². The molecule has 0 saturated carbocycles. The van der Waals surface area contributed by atoms with Crippen LogP contribution in [0.4, 0.5) is 0 Å². The predicted octanol–water partition coefficient (Wildman–Crippen LogP) is 10.7. The number of carbonyl (C=O) groups excluding carboxylic acids is 2. The van der Waals surface area contributed by atoms with Crippen LogP contribution < -0.4 is 0 Å². The van der Waals surface area contributed by atoms with Crippen molar-refractivity contribution in [2.75, 3.05) is 13.2 Å². The van der Waals surface area contributed by atoms with E-state index in [-0.39, 0.29) is 0 Å². The maximum atomic E-state index is 11.8. The van der Waals surface area contributed by atoms with Crippen molar-refractivity contribution in [3.8, 4) is 0 Å². The van der Waals surface area contributed by atoms with Gasteiger partial charge in [-0.25, -0.2) is 9.59 Å². The molecule has 0 aromatic heterocycles. The Labute approximate surface area is 237 Å². The highest BCUT2D eigenvalue weighted by molar-refractivity contribution is 6.29. The number of rotatable bonds is 28. The van der Waals surface area contributed by atoms with Gasteiger partial charge in [0.2, 0.25) is 0 Å². The highest BCUT2D eigenvalue weighted by atomic mass is 16.6. The number of carbonyl (C=O) groups is 2. The van der Waals surface area contributed by atoms with Gasteiger partial charge in [-0.2, -0.15) is 0 Å². The highest BCUT2D eigenvalue weighted by Crippen LogP contribution is 2.15. The van der Waals surface area contributed by atoms with Crippen LogP contribution in [0.3, 0.4) is 0 Å². The Morgan fingerprint density at radius 3 is 0.816 bits per heavy atom. The van der Waals surface area contributed by atoms with Gasteiger partial charge in [0.15, 0.2) is 0 Å². The van der Waals surface area contributed by atoms with Crippen molar-refractivity contribution >= 4 is 11.9 Å². The molecule has 4 heteroatoms. The molecule has 0 rings (SSSR count). The van der Waals surface area contributed by atoms with Gasteiger partial charge >= 0.3 is 11.9 Å². The Morgan fingerprint density at radius 2 is 0.579 bits per heavy atom. The van der Waals surface area contributed by atoms with Crippen LogP contribution in [0, 0.1) is 11.8 Å². The summed E-state index contributed by atoms with van der Waals surface area (Å²) >= 11 is 0. The second-order valence-electron chi connectivity index (χ2n) is 12.4. The quantitative estimate of drug-likeness (QED) is 0.0564. The van der Waals surface area contributed by atoms with Gasteiger partial charge in [0.25, 0.3) is 0 Å². The molecule has 38 heavy (non-hydrogen) atoms. The highest BCUT2D eigenvalue weighted by Gasteiger charge is 2.16. The van der Waals surface area contributed by atoms with E-state index in [9.17, 15) is 9.59 Å². The van der Waals surface area contributed by atoms with Crippen LogP contribution in [0.2, 0.25) is 0 Å². The Morgan fingerprint density at radius 1 is 0.368 bits per heavy atom. The molecule has 0 aliphatic rings. The Balaban J connectivity index is 3.30. The summed E-state index contributed by atoms with van der Waals surface area (Å²) in [6.45, 7) is 9.87. The largest absolute Gasteiger partial charge is 0.457 e. The predicted molar refractivity (Wildman–Crippen MR) is 162 cm³/mol. The fourth-order valence-corrected chi connectivity index (χ4v) is 4.94. The summed E-state index contributed by atoms with van der Waals surface area (Å²) in [5, 5.41) is 0. The summed E-state index contributed by atoms with van der Waals surface area (Å²) in [5.41, 5.74) is 0. The minimum Gasteiger partial charge on any atom is -0.457 e. The molecule has 0 aliphatic carbocycles. The molecule has 0 aliphatic heterocycles. The molecule has 0 unspecified atom stereocenters. The fraction of sp³-hybridized carbons (Fsp3) is 0.941. The fourth-order valence-electron chi connectivity index (χ4n) is 4.94. The molecule has 4 nitrogen and oxygen atoms in total. The zero-order chi connectivity index (χ0) is 28.1. The second-order valence-corrected chi connectivity index (χ2v) is 12.4. The topological polar surface area (TPSA) is 52.6 Å². The van der Waals surface area contributed by atoms with Gasteiger partial charge in [-0.1, -0.05) is 169 Å². The van der Waals surface area contributed by atoms with Gasteiger partial charge in [-0.15, -0.1) is 0 Å². The first-order valence-corrected chi connectivity index (χ1v) is 16.8. The van der Waals surface area contributed by atoms with Crippen LogP contribution in [0.25, 0.3) is 0 Å². The smallest absolute Gasteiger partial charge is 0.417 e. The van der Waals surface area contributed by atoms with E-state index >= 15 is 0 Å². The number of unbranched alkanes of at least 4 members (excludes halogenated alkanes) is 20. The summed E-state index contributed by atoms with van der Waals surface area (Å²) in [7, 11) is 0. The third kappa shape index (κ3) is 29.5. The second kappa shape index (κ2) is 28.9. The van der Waals surface area contributed by atoms with Crippen molar-refractivity contribution < 1.29 is 19.1 Å². The van der Waals surface area contributed by atoms with Gasteiger partial charge < -0.3 is 9.47 Å². The first-order chi connectivity index (χ1) is 18.4. The first-order valence-electron chi connectivity index (χ1n) is 16.8. The average molecular weight is 539 g/mol. The zero-order valence-corrected chi connectivity index (χ0v) is 26.2. The van der Waals surface area contributed by atoms with E-state index in [0.29, 0.717) is 13.2 Å². The summed E-state index contributed by atoms with van der Waals surface area (Å²) < 4.78 is 10.1. The summed E-state index contributed by atoms with van der Waals surface area (Å²) in [5.74, 6) is 0.0245. The molecule has 0 fully saturated rings. The normalized spacial score (nSPS) is 11.4. The molecule has 0 heterocycles. The van der Waals surface area contributed by atoms with Crippen molar-refractivity contribution in [3.63, 3.8) is 0 Å². The van der Waals surface area contributed by atoms with E-state index < -0.39 is 11.9 Å². The van der Waals surface area contributed by atoms with Crippen molar-refractivity contribution in [1.82, 2.24) is 0 Å². The van der Waals surface area contributed by atoms with Crippen LogP contribution in [0.1, 0.15) is 182 Å². The van der Waals surface area contributed by atoms with Gasteiger partial charge in [0.05, 0.1) is 13.2 Å². The Hall–Kier alpha value is -1.06. The van der Waals surface area contributed by atoms with Gasteiger partial charge in [0.1, 0.15) is 0 Å². The molecule has 0 saturated heterocycles. The molecule has 0 radical (unpaired) electrons. The van der Waals surface area contributed by atoms with E-state index in [0.717, 1.165) is 37.5 Å². The van der Waals surface area contributed by atoms with Crippen molar-refractivity contribution in [2.45, 2.75) is 182 Å². The lowest BCUT2D eigenvalue weighted by molar-refractivity contribution is -0.167. The summed E-state index contributed by atoms with van der Waals surface area (Å²) in [4.78, 5) is 23.5. The zero-order valence-electron chi connectivity index (χ0n) is 26.2. The average Bonchev–Trinajstić information content (AvgIpc) is 2.88. The monoisotopic (exact) mass is 538 g/mol. The van der Waals surface area contributed by atoms with Gasteiger partial charge in [-0.05, 0) is 24.7 Å². The molecule has 226 valence electrons. The minimum absolute atomic E-state index is 0.322. The maximum absolute atomic E-state index is 11.8. The first kappa shape index (κ1) is 36.9. The SMILES string of the molecule is CC(C)CCCCCCCCCCCCCOC(=O)C(=O)OCCCCCCCCCCCCCC(C)C. The lowest BCUT2D eigenvalue weighted by atomic mass is 10.0.